The first-order valence-electron chi connectivity index (χ1n) is 8.88. The molecule has 2 aromatic rings. The first-order chi connectivity index (χ1) is 12.4. The third-order valence-corrected chi connectivity index (χ3v) is 4.40. The molecule has 0 aromatic heterocycles. The van der Waals surface area contributed by atoms with E-state index in [2.05, 4.69) is 36.3 Å². The lowest BCUT2D eigenvalue weighted by atomic mass is 9.99. The summed E-state index contributed by atoms with van der Waals surface area (Å²) in [6.45, 7) is 4.86. The number of guanidine groups is 1. The van der Waals surface area contributed by atoms with Gasteiger partial charge in [0, 0.05) is 25.3 Å². The second-order valence-corrected chi connectivity index (χ2v) is 6.65. The van der Waals surface area contributed by atoms with Crippen LogP contribution in [0.3, 0.4) is 0 Å². The SMILES string of the molecule is CCC(C)c1ccc(NC(N)=NCc2ccc(C(=O)N(C)C)cc2)cc1. The maximum atomic E-state index is 11.9. The van der Waals surface area contributed by atoms with Gasteiger partial charge in [0.1, 0.15) is 0 Å². The molecule has 0 saturated carbocycles. The summed E-state index contributed by atoms with van der Waals surface area (Å²) in [5.41, 5.74) is 9.87. The molecule has 5 nitrogen and oxygen atoms in total. The van der Waals surface area contributed by atoms with E-state index in [1.165, 1.54) is 5.56 Å². The normalized spacial score (nSPS) is 12.5. The molecule has 0 spiro atoms. The minimum atomic E-state index is -0.0120. The van der Waals surface area contributed by atoms with Crippen molar-refractivity contribution in [1.29, 1.82) is 0 Å². The Hall–Kier alpha value is -2.82. The number of nitrogens with one attached hydrogen (secondary N) is 1. The monoisotopic (exact) mass is 352 g/mol. The molecule has 0 heterocycles. The standard InChI is InChI=1S/C21H28N4O/c1-5-15(2)17-10-12-19(13-11-17)24-21(22)23-14-16-6-8-18(9-7-16)20(26)25(3)4/h6-13,15H,5,14H2,1-4H3,(H3,22,23,24). The van der Waals surface area contributed by atoms with E-state index in [9.17, 15) is 4.79 Å². The van der Waals surface area contributed by atoms with Gasteiger partial charge in [0.15, 0.2) is 5.96 Å². The van der Waals surface area contributed by atoms with Crippen LogP contribution in [0, 0.1) is 0 Å². The number of hydrogen-bond donors (Lipinski definition) is 2. The molecule has 2 aromatic carbocycles. The van der Waals surface area contributed by atoms with Gasteiger partial charge in [-0.1, -0.05) is 38.1 Å². The molecule has 5 heteroatoms. The third-order valence-electron chi connectivity index (χ3n) is 4.40. The minimum absolute atomic E-state index is 0.0120. The zero-order chi connectivity index (χ0) is 19.1. The summed E-state index contributed by atoms with van der Waals surface area (Å²) < 4.78 is 0. The van der Waals surface area contributed by atoms with Crippen LogP contribution in [0.4, 0.5) is 5.69 Å². The van der Waals surface area contributed by atoms with E-state index in [0.29, 0.717) is 24.0 Å². The summed E-state index contributed by atoms with van der Waals surface area (Å²) >= 11 is 0. The predicted octanol–water partition coefficient (Wildman–Crippen LogP) is 3.83. The first kappa shape index (κ1) is 19.5. The molecule has 3 N–H and O–H groups in total. The highest BCUT2D eigenvalue weighted by molar-refractivity contribution is 5.94. The molecule has 2 rings (SSSR count). The van der Waals surface area contributed by atoms with E-state index in [1.807, 2.05) is 36.4 Å². The molecule has 0 saturated heterocycles. The minimum Gasteiger partial charge on any atom is -0.370 e. The third kappa shape index (κ3) is 5.34. The second-order valence-electron chi connectivity index (χ2n) is 6.65. The topological polar surface area (TPSA) is 70.7 Å². The van der Waals surface area contributed by atoms with Crippen LogP contribution in [-0.4, -0.2) is 30.9 Å². The number of carbonyl (C=O) groups excluding carboxylic acids is 1. The van der Waals surface area contributed by atoms with Gasteiger partial charge in [-0.15, -0.1) is 0 Å². The van der Waals surface area contributed by atoms with E-state index in [1.54, 1.807) is 19.0 Å². The van der Waals surface area contributed by atoms with Gasteiger partial charge >= 0.3 is 0 Å². The quantitative estimate of drug-likeness (QED) is 0.613. The van der Waals surface area contributed by atoms with Crippen LogP contribution in [0.1, 0.15) is 47.7 Å². The first-order valence-corrected chi connectivity index (χ1v) is 8.88. The number of anilines is 1. The Kier molecular flexibility index (Phi) is 6.78. The Morgan fingerprint density at radius 3 is 2.27 bits per heavy atom. The number of rotatable bonds is 6. The highest BCUT2D eigenvalue weighted by atomic mass is 16.2. The van der Waals surface area contributed by atoms with Crippen LogP contribution >= 0.6 is 0 Å². The summed E-state index contributed by atoms with van der Waals surface area (Å²) in [4.78, 5) is 17.8. The number of nitrogens with two attached hydrogens (primary N) is 1. The number of carbonyl (C=O) groups is 1. The molecule has 0 aliphatic rings. The van der Waals surface area contributed by atoms with Crippen LogP contribution in [0.15, 0.2) is 53.5 Å². The zero-order valence-electron chi connectivity index (χ0n) is 16.0. The van der Waals surface area contributed by atoms with Gasteiger partial charge in [0.05, 0.1) is 6.54 Å². The Morgan fingerprint density at radius 2 is 1.73 bits per heavy atom. The number of benzene rings is 2. The molecule has 138 valence electrons. The molecule has 0 aliphatic heterocycles. The highest BCUT2D eigenvalue weighted by Gasteiger charge is 2.07. The molecule has 1 atom stereocenters. The lowest BCUT2D eigenvalue weighted by Gasteiger charge is -2.11. The Balaban J connectivity index is 1.94. The van der Waals surface area contributed by atoms with Crippen molar-refractivity contribution in [3.05, 3.63) is 65.2 Å². The number of hydrogen-bond acceptors (Lipinski definition) is 2. The number of aliphatic imine (C=N–C) groups is 1. The average Bonchev–Trinajstić information content (AvgIpc) is 2.66. The molecule has 1 unspecified atom stereocenters. The van der Waals surface area contributed by atoms with Crippen LogP contribution in [0.5, 0.6) is 0 Å². The Bertz CT molecular complexity index is 749. The molecule has 1 amide bonds. The van der Waals surface area contributed by atoms with Crippen molar-refractivity contribution in [1.82, 2.24) is 4.90 Å². The van der Waals surface area contributed by atoms with Gasteiger partial charge in [-0.3, -0.25) is 4.79 Å². The molecule has 0 bridgehead atoms. The van der Waals surface area contributed by atoms with Crippen LogP contribution < -0.4 is 11.1 Å². The fraction of sp³-hybridized carbons (Fsp3) is 0.333. The maximum Gasteiger partial charge on any atom is 0.253 e. The molecule has 0 fully saturated rings. The van der Waals surface area contributed by atoms with Gasteiger partial charge in [-0.25, -0.2) is 4.99 Å². The van der Waals surface area contributed by atoms with E-state index < -0.39 is 0 Å². The van der Waals surface area contributed by atoms with Gasteiger partial charge in [-0.2, -0.15) is 0 Å². The lowest BCUT2D eigenvalue weighted by molar-refractivity contribution is 0.0827. The summed E-state index contributed by atoms with van der Waals surface area (Å²) in [7, 11) is 3.48. The van der Waals surface area contributed by atoms with Crippen molar-refractivity contribution in [3.63, 3.8) is 0 Å². The van der Waals surface area contributed by atoms with E-state index in [0.717, 1.165) is 17.7 Å². The Labute approximate surface area is 155 Å². The smallest absolute Gasteiger partial charge is 0.253 e. The van der Waals surface area contributed by atoms with Crippen molar-refractivity contribution in [2.75, 3.05) is 19.4 Å². The summed E-state index contributed by atoms with van der Waals surface area (Å²) in [5, 5.41) is 3.11. The fourth-order valence-corrected chi connectivity index (χ4v) is 2.51. The molecule has 26 heavy (non-hydrogen) atoms. The second kappa shape index (κ2) is 9.04. The van der Waals surface area contributed by atoms with E-state index >= 15 is 0 Å². The lowest BCUT2D eigenvalue weighted by Crippen LogP contribution is -2.22. The van der Waals surface area contributed by atoms with Crippen LogP contribution in [-0.2, 0) is 6.54 Å². The van der Waals surface area contributed by atoms with Gasteiger partial charge in [-0.05, 0) is 47.7 Å². The highest BCUT2D eigenvalue weighted by Crippen LogP contribution is 2.20. The van der Waals surface area contributed by atoms with Crippen LogP contribution in [0.2, 0.25) is 0 Å². The Morgan fingerprint density at radius 1 is 1.12 bits per heavy atom. The van der Waals surface area contributed by atoms with E-state index in [-0.39, 0.29) is 5.91 Å². The predicted molar refractivity (Wildman–Crippen MR) is 109 cm³/mol. The van der Waals surface area contributed by atoms with Crippen molar-refractivity contribution in [3.8, 4) is 0 Å². The summed E-state index contributed by atoms with van der Waals surface area (Å²) in [5.74, 6) is 0.911. The fourth-order valence-electron chi connectivity index (χ4n) is 2.51. The van der Waals surface area contributed by atoms with Gasteiger partial charge < -0.3 is 16.0 Å². The van der Waals surface area contributed by atoms with E-state index in [4.69, 9.17) is 5.73 Å². The zero-order valence-corrected chi connectivity index (χ0v) is 16.0. The average molecular weight is 352 g/mol. The van der Waals surface area contributed by atoms with Gasteiger partial charge in [0.25, 0.3) is 5.91 Å². The van der Waals surface area contributed by atoms with Gasteiger partial charge in [0.2, 0.25) is 0 Å². The largest absolute Gasteiger partial charge is 0.370 e. The molecule has 0 aliphatic carbocycles. The molecular formula is C21H28N4O. The summed E-state index contributed by atoms with van der Waals surface area (Å²) in [6.07, 6.45) is 1.12. The van der Waals surface area contributed by atoms with Crippen molar-refractivity contribution >= 4 is 17.6 Å². The van der Waals surface area contributed by atoms with Crippen LogP contribution in [0.25, 0.3) is 0 Å². The van der Waals surface area contributed by atoms with Crippen molar-refractivity contribution in [2.45, 2.75) is 32.7 Å². The van der Waals surface area contributed by atoms with Crippen molar-refractivity contribution in [2.24, 2.45) is 10.7 Å². The van der Waals surface area contributed by atoms with Crippen molar-refractivity contribution < 1.29 is 4.79 Å². The number of amides is 1. The number of nitrogens with zero attached hydrogens (tertiary/aromatic N) is 2. The maximum absolute atomic E-state index is 11.9. The summed E-state index contributed by atoms with van der Waals surface area (Å²) in [6, 6.07) is 15.7. The molecular weight excluding hydrogens is 324 g/mol. The molecule has 0 radical (unpaired) electrons.